The van der Waals surface area contributed by atoms with Crippen LogP contribution in [-0.2, 0) is 6.54 Å². The third-order valence-corrected chi connectivity index (χ3v) is 4.93. The predicted octanol–water partition coefficient (Wildman–Crippen LogP) is 4.25. The molecule has 1 N–H and O–H groups in total. The Balaban J connectivity index is 1.61. The van der Waals surface area contributed by atoms with E-state index >= 15 is 0 Å². The van der Waals surface area contributed by atoms with Crippen molar-refractivity contribution >= 4 is 16.8 Å². The van der Waals surface area contributed by atoms with Crippen molar-refractivity contribution in [3.05, 3.63) is 84.2 Å². The van der Waals surface area contributed by atoms with Crippen molar-refractivity contribution in [3.63, 3.8) is 0 Å². The average Bonchev–Trinajstić information content (AvgIpc) is 2.85. The smallest absolute Gasteiger partial charge is 0.252 e. The summed E-state index contributed by atoms with van der Waals surface area (Å²) in [6, 6.07) is 18.6. The van der Waals surface area contributed by atoms with Crippen LogP contribution in [0.5, 0.6) is 11.5 Å². The number of fused-ring (bicyclic) bond motifs is 1. The standard InChI is InChI=1S/C26H21N3O3/c1-3-14-32-25-15-18(8-9-24(25)31-2)17-28-26(30)21-16-23(19-10-12-27-13-11-19)29-22-7-5-4-6-20(21)22/h1,4-13,15-16H,14,17H2,2H3,(H,28,30). The molecular weight excluding hydrogens is 402 g/mol. The molecule has 0 aliphatic carbocycles. The van der Waals surface area contributed by atoms with Gasteiger partial charge in [-0.2, -0.15) is 0 Å². The van der Waals surface area contributed by atoms with Crippen molar-refractivity contribution in [2.24, 2.45) is 0 Å². The van der Waals surface area contributed by atoms with Gasteiger partial charge < -0.3 is 14.8 Å². The van der Waals surface area contributed by atoms with Crippen LogP contribution in [0.15, 0.2) is 73.1 Å². The minimum absolute atomic E-state index is 0.132. The minimum atomic E-state index is -0.194. The minimum Gasteiger partial charge on any atom is -0.493 e. The predicted molar refractivity (Wildman–Crippen MR) is 123 cm³/mol. The molecule has 4 aromatic rings. The molecule has 0 fully saturated rings. The molecule has 2 aromatic carbocycles. The van der Waals surface area contributed by atoms with Gasteiger partial charge in [0.25, 0.3) is 5.91 Å². The molecule has 0 atom stereocenters. The van der Waals surface area contributed by atoms with Gasteiger partial charge in [-0.25, -0.2) is 4.98 Å². The Bertz CT molecular complexity index is 1300. The van der Waals surface area contributed by atoms with E-state index in [1.807, 2.05) is 54.6 Å². The third-order valence-electron chi connectivity index (χ3n) is 4.93. The molecule has 0 bridgehead atoms. The van der Waals surface area contributed by atoms with E-state index in [9.17, 15) is 4.79 Å². The van der Waals surface area contributed by atoms with E-state index in [0.717, 1.165) is 22.0 Å². The van der Waals surface area contributed by atoms with Crippen molar-refractivity contribution in [2.45, 2.75) is 6.54 Å². The van der Waals surface area contributed by atoms with Gasteiger partial charge in [0.2, 0.25) is 0 Å². The summed E-state index contributed by atoms with van der Waals surface area (Å²) in [4.78, 5) is 21.9. The first-order valence-electron chi connectivity index (χ1n) is 10.0. The highest BCUT2D eigenvalue weighted by atomic mass is 16.5. The summed E-state index contributed by atoms with van der Waals surface area (Å²) < 4.78 is 10.8. The van der Waals surface area contributed by atoms with Crippen LogP contribution in [-0.4, -0.2) is 29.6 Å². The van der Waals surface area contributed by atoms with E-state index in [4.69, 9.17) is 20.9 Å². The molecule has 6 heteroatoms. The van der Waals surface area contributed by atoms with E-state index in [-0.39, 0.29) is 12.5 Å². The molecule has 0 saturated heterocycles. The van der Waals surface area contributed by atoms with Gasteiger partial charge >= 0.3 is 0 Å². The number of para-hydroxylation sites is 1. The Labute approximate surface area is 186 Å². The Hall–Kier alpha value is -4.37. The first kappa shape index (κ1) is 20.9. The lowest BCUT2D eigenvalue weighted by Crippen LogP contribution is -2.23. The summed E-state index contributed by atoms with van der Waals surface area (Å²) in [5, 5.41) is 3.78. The summed E-state index contributed by atoms with van der Waals surface area (Å²) in [5.74, 6) is 3.36. The van der Waals surface area contributed by atoms with Gasteiger partial charge in [-0.1, -0.05) is 30.2 Å². The van der Waals surface area contributed by atoms with Crippen LogP contribution in [0.2, 0.25) is 0 Å². The number of carbonyl (C=O) groups excluding carboxylic acids is 1. The number of benzene rings is 2. The lowest BCUT2D eigenvalue weighted by Gasteiger charge is -2.13. The van der Waals surface area contributed by atoms with Crippen LogP contribution in [0, 0.1) is 12.3 Å². The normalized spacial score (nSPS) is 10.4. The summed E-state index contributed by atoms with van der Waals surface area (Å²) in [7, 11) is 1.56. The second-order valence-electron chi connectivity index (χ2n) is 6.97. The summed E-state index contributed by atoms with van der Waals surface area (Å²) >= 11 is 0. The van der Waals surface area contributed by atoms with Crippen LogP contribution in [0.1, 0.15) is 15.9 Å². The fourth-order valence-corrected chi connectivity index (χ4v) is 3.37. The molecule has 158 valence electrons. The molecule has 32 heavy (non-hydrogen) atoms. The zero-order valence-electron chi connectivity index (χ0n) is 17.5. The maximum Gasteiger partial charge on any atom is 0.252 e. The number of carbonyl (C=O) groups is 1. The van der Waals surface area contributed by atoms with Crippen LogP contribution in [0.3, 0.4) is 0 Å². The van der Waals surface area contributed by atoms with Crippen molar-refractivity contribution < 1.29 is 14.3 Å². The van der Waals surface area contributed by atoms with Crippen molar-refractivity contribution in [1.82, 2.24) is 15.3 Å². The van der Waals surface area contributed by atoms with Gasteiger partial charge in [0, 0.05) is 29.9 Å². The van der Waals surface area contributed by atoms with E-state index < -0.39 is 0 Å². The summed E-state index contributed by atoms with van der Waals surface area (Å²) in [6.07, 6.45) is 8.69. The number of hydrogen-bond donors (Lipinski definition) is 1. The number of rotatable bonds is 7. The average molecular weight is 423 g/mol. The van der Waals surface area contributed by atoms with Gasteiger partial charge in [0.15, 0.2) is 11.5 Å². The summed E-state index contributed by atoms with van der Waals surface area (Å²) in [6.45, 7) is 0.448. The zero-order chi connectivity index (χ0) is 22.3. The quantitative estimate of drug-likeness (QED) is 0.450. The SMILES string of the molecule is C#CCOc1cc(CNC(=O)c2cc(-c3ccncc3)nc3ccccc23)ccc1OC. The van der Waals surface area contributed by atoms with E-state index in [0.29, 0.717) is 29.3 Å². The first-order chi connectivity index (χ1) is 15.7. The van der Waals surface area contributed by atoms with Gasteiger partial charge in [-0.05, 0) is 42.0 Å². The van der Waals surface area contributed by atoms with Crippen molar-refractivity contribution in [2.75, 3.05) is 13.7 Å². The molecule has 0 aliphatic heterocycles. The van der Waals surface area contributed by atoms with Crippen molar-refractivity contribution in [3.8, 4) is 35.1 Å². The number of methoxy groups -OCH3 is 1. The van der Waals surface area contributed by atoms with Crippen LogP contribution in [0.25, 0.3) is 22.2 Å². The molecule has 0 unspecified atom stereocenters. The number of pyridine rings is 2. The fourth-order valence-electron chi connectivity index (χ4n) is 3.37. The Morgan fingerprint density at radius 1 is 1.06 bits per heavy atom. The third kappa shape index (κ3) is 4.52. The maximum absolute atomic E-state index is 13.2. The Kier molecular flexibility index (Phi) is 6.28. The van der Waals surface area contributed by atoms with Crippen LogP contribution in [0.4, 0.5) is 0 Å². The highest BCUT2D eigenvalue weighted by Gasteiger charge is 2.14. The topological polar surface area (TPSA) is 73.3 Å². The molecule has 6 nitrogen and oxygen atoms in total. The molecule has 0 aliphatic rings. The number of terminal acetylenes is 1. The molecule has 2 heterocycles. The molecule has 4 rings (SSSR count). The lowest BCUT2D eigenvalue weighted by molar-refractivity contribution is 0.0952. The molecule has 1 amide bonds. The molecular formula is C26H21N3O3. The molecule has 0 radical (unpaired) electrons. The molecule has 0 spiro atoms. The van der Waals surface area contributed by atoms with E-state index in [1.165, 1.54) is 0 Å². The fraction of sp³-hybridized carbons (Fsp3) is 0.115. The van der Waals surface area contributed by atoms with Crippen LogP contribution >= 0.6 is 0 Å². The first-order valence-corrected chi connectivity index (χ1v) is 10.0. The molecule has 0 saturated carbocycles. The largest absolute Gasteiger partial charge is 0.493 e. The van der Waals surface area contributed by atoms with Gasteiger partial charge in [0.1, 0.15) is 6.61 Å². The van der Waals surface area contributed by atoms with Gasteiger partial charge in [0.05, 0.1) is 23.9 Å². The maximum atomic E-state index is 13.2. The number of hydrogen-bond acceptors (Lipinski definition) is 5. The number of nitrogens with one attached hydrogen (secondary N) is 1. The Morgan fingerprint density at radius 2 is 1.88 bits per heavy atom. The van der Waals surface area contributed by atoms with Crippen LogP contribution < -0.4 is 14.8 Å². The Morgan fingerprint density at radius 3 is 2.66 bits per heavy atom. The highest BCUT2D eigenvalue weighted by molar-refractivity contribution is 6.07. The highest BCUT2D eigenvalue weighted by Crippen LogP contribution is 2.28. The number of amides is 1. The number of nitrogens with zero attached hydrogens (tertiary/aromatic N) is 2. The number of aromatic nitrogens is 2. The zero-order valence-corrected chi connectivity index (χ0v) is 17.5. The lowest BCUT2D eigenvalue weighted by atomic mass is 10.0. The molecule has 2 aromatic heterocycles. The second-order valence-corrected chi connectivity index (χ2v) is 6.97. The van der Waals surface area contributed by atoms with E-state index in [1.54, 1.807) is 25.6 Å². The summed E-state index contributed by atoms with van der Waals surface area (Å²) in [5.41, 5.74) is 3.77. The van der Waals surface area contributed by atoms with Crippen molar-refractivity contribution in [1.29, 1.82) is 0 Å². The second kappa shape index (κ2) is 9.63. The number of ether oxygens (including phenoxy) is 2. The monoisotopic (exact) mass is 423 g/mol. The van der Waals surface area contributed by atoms with Gasteiger partial charge in [-0.15, -0.1) is 6.42 Å². The van der Waals surface area contributed by atoms with Gasteiger partial charge in [-0.3, -0.25) is 9.78 Å². The van der Waals surface area contributed by atoms with E-state index in [2.05, 4.69) is 16.2 Å².